The third kappa shape index (κ3) is 2.62. The van der Waals surface area contributed by atoms with Crippen LogP contribution in [-0.4, -0.2) is 15.5 Å². The minimum absolute atomic E-state index is 0.253. The van der Waals surface area contributed by atoms with Crippen molar-refractivity contribution >= 4 is 28.8 Å². The van der Waals surface area contributed by atoms with Gasteiger partial charge in [0.05, 0.1) is 5.69 Å². The van der Waals surface area contributed by atoms with Gasteiger partial charge in [-0.05, 0) is 36.2 Å². The van der Waals surface area contributed by atoms with Gasteiger partial charge in [0, 0.05) is 11.4 Å². The summed E-state index contributed by atoms with van der Waals surface area (Å²) in [5.74, 6) is -0.852. The van der Waals surface area contributed by atoms with Crippen molar-refractivity contribution in [2.24, 2.45) is 0 Å². The van der Waals surface area contributed by atoms with Crippen molar-refractivity contribution in [2.45, 2.75) is 13.3 Å². The van der Waals surface area contributed by atoms with Crippen molar-refractivity contribution in [1.29, 1.82) is 0 Å². The van der Waals surface area contributed by atoms with Crippen LogP contribution in [0.25, 0.3) is 0 Å². The van der Waals surface area contributed by atoms with Crippen molar-refractivity contribution in [2.75, 3.05) is 11.1 Å². The van der Waals surface area contributed by atoms with E-state index in [9.17, 15) is 9.18 Å². The van der Waals surface area contributed by atoms with Gasteiger partial charge >= 0.3 is 0 Å². The number of carbonyl (C=O) groups excluding carboxylic acids is 1. The third-order valence-electron chi connectivity index (χ3n) is 2.27. The summed E-state index contributed by atoms with van der Waals surface area (Å²) in [5.41, 5.74) is 6.69. The summed E-state index contributed by atoms with van der Waals surface area (Å²) >= 11 is 1.01. The van der Waals surface area contributed by atoms with Crippen LogP contribution >= 0.6 is 11.5 Å². The molecule has 5 nitrogen and oxygen atoms in total. The van der Waals surface area contributed by atoms with Crippen LogP contribution < -0.4 is 11.1 Å². The van der Waals surface area contributed by atoms with Crippen LogP contribution in [0.1, 0.15) is 22.3 Å². The number of anilines is 2. The fraction of sp³-hybridized carbons (Fsp3) is 0.182. The number of benzene rings is 1. The van der Waals surface area contributed by atoms with Gasteiger partial charge in [-0.25, -0.2) is 4.39 Å². The van der Waals surface area contributed by atoms with Crippen molar-refractivity contribution in [3.8, 4) is 0 Å². The van der Waals surface area contributed by atoms with Gasteiger partial charge in [0.15, 0.2) is 0 Å². The summed E-state index contributed by atoms with van der Waals surface area (Å²) in [7, 11) is 0. The highest BCUT2D eigenvalue weighted by molar-refractivity contribution is 7.08. The largest absolute Gasteiger partial charge is 0.399 e. The molecule has 94 valence electrons. The van der Waals surface area contributed by atoms with Gasteiger partial charge in [0.2, 0.25) is 0 Å². The standard InChI is InChI=1S/C11H11FN4OS/c1-2-9-10(18-16-15-9)11(17)14-8-4-6(12)3-7(13)5-8/h3-5H,2,13H2,1H3,(H,14,17). The molecule has 3 N–H and O–H groups in total. The number of nitrogens with one attached hydrogen (secondary N) is 1. The van der Waals surface area contributed by atoms with E-state index in [2.05, 4.69) is 14.9 Å². The van der Waals surface area contributed by atoms with E-state index in [0.717, 1.165) is 11.5 Å². The number of amides is 1. The minimum atomic E-state index is -0.497. The van der Waals surface area contributed by atoms with Crippen LogP contribution in [0.4, 0.5) is 15.8 Å². The van der Waals surface area contributed by atoms with Gasteiger partial charge in [-0.3, -0.25) is 4.79 Å². The monoisotopic (exact) mass is 266 g/mol. The Morgan fingerprint density at radius 3 is 2.94 bits per heavy atom. The lowest BCUT2D eigenvalue weighted by atomic mass is 10.2. The molecule has 0 atom stereocenters. The van der Waals surface area contributed by atoms with Gasteiger partial charge in [-0.2, -0.15) is 0 Å². The Balaban J connectivity index is 2.21. The number of nitrogens with two attached hydrogens (primary N) is 1. The lowest BCUT2D eigenvalue weighted by Gasteiger charge is -2.05. The molecule has 0 unspecified atom stereocenters. The van der Waals surface area contributed by atoms with Crippen LogP contribution in [0.5, 0.6) is 0 Å². The molecule has 2 aromatic rings. The molecule has 1 heterocycles. The quantitative estimate of drug-likeness (QED) is 0.833. The number of hydrogen-bond acceptors (Lipinski definition) is 5. The summed E-state index contributed by atoms with van der Waals surface area (Å²) in [5, 5.41) is 6.41. The van der Waals surface area contributed by atoms with Crippen LogP contribution in [0.2, 0.25) is 0 Å². The molecular weight excluding hydrogens is 255 g/mol. The maximum absolute atomic E-state index is 13.1. The zero-order valence-corrected chi connectivity index (χ0v) is 10.4. The second-order valence-electron chi connectivity index (χ2n) is 3.63. The van der Waals surface area contributed by atoms with Crippen molar-refractivity contribution in [3.05, 3.63) is 34.6 Å². The normalized spacial score (nSPS) is 10.3. The summed E-state index contributed by atoms with van der Waals surface area (Å²) in [6, 6.07) is 3.87. The van der Waals surface area contributed by atoms with Crippen molar-refractivity contribution in [1.82, 2.24) is 9.59 Å². The number of halogens is 1. The number of nitrogen functional groups attached to an aromatic ring is 1. The van der Waals surface area contributed by atoms with Gasteiger partial charge in [0.25, 0.3) is 5.91 Å². The van der Waals surface area contributed by atoms with Crippen LogP contribution in [-0.2, 0) is 6.42 Å². The zero-order valence-electron chi connectivity index (χ0n) is 9.61. The van der Waals surface area contributed by atoms with E-state index < -0.39 is 5.82 Å². The molecule has 0 saturated heterocycles. The Bertz CT molecular complexity index is 564. The van der Waals surface area contributed by atoms with E-state index in [1.54, 1.807) is 0 Å². The molecular formula is C11H11FN4OS. The predicted octanol–water partition coefficient (Wildman–Crippen LogP) is 2.07. The van der Waals surface area contributed by atoms with E-state index in [4.69, 9.17) is 5.73 Å². The average Bonchev–Trinajstić information content (AvgIpc) is 2.75. The molecule has 0 aliphatic heterocycles. The highest BCUT2D eigenvalue weighted by Crippen LogP contribution is 2.18. The Labute approximate surface area is 107 Å². The summed E-state index contributed by atoms with van der Waals surface area (Å²) in [4.78, 5) is 12.4. The molecule has 1 amide bonds. The van der Waals surface area contributed by atoms with Crippen LogP contribution in [0.3, 0.4) is 0 Å². The second-order valence-corrected chi connectivity index (χ2v) is 4.38. The molecule has 18 heavy (non-hydrogen) atoms. The highest BCUT2D eigenvalue weighted by Gasteiger charge is 2.15. The molecule has 0 bridgehead atoms. The Kier molecular flexibility index (Phi) is 3.52. The van der Waals surface area contributed by atoms with Gasteiger partial charge < -0.3 is 11.1 Å². The number of hydrogen-bond donors (Lipinski definition) is 2. The Morgan fingerprint density at radius 1 is 1.50 bits per heavy atom. The van der Waals surface area contributed by atoms with Gasteiger partial charge in [0.1, 0.15) is 10.7 Å². The Morgan fingerprint density at radius 2 is 2.28 bits per heavy atom. The molecule has 1 aromatic heterocycles. The van der Waals surface area contributed by atoms with E-state index in [-0.39, 0.29) is 11.6 Å². The number of rotatable bonds is 3. The molecule has 0 saturated carbocycles. The first-order valence-electron chi connectivity index (χ1n) is 5.28. The third-order valence-corrected chi connectivity index (χ3v) is 3.04. The predicted molar refractivity (Wildman–Crippen MR) is 68.1 cm³/mol. The summed E-state index contributed by atoms with van der Waals surface area (Å²) in [6.07, 6.45) is 0.616. The molecule has 0 aliphatic carbocycles. The van der Waals surface area contributed by atoms with Crippen molar-refractivity contribution in [3.63, 3.8) is 0 Å². The molecule has 1 aromatic carbocycles. The zero-order chi connectivity index (χ0) is 13.1. The fourth-order valence-corrected chi connectivity index (χ4v) is 2.13. The molecule has 0 spiro atoms. The average molecular weight is 266 g/mol. The van der Waals surface area contributed by atoms with Crippen LogP contribution in [0, 0.1) is 5.82 Å². The SMILES string of the molecule is CCc1nnsc1C(=O)Nc1cc(N)cc(F)c1. The topological polar surface area (TPSA) is 80.9 Å². The van der Waals surface area contributed by atoms with Gasteiger partial charge in [-0.1, -0.05) is 11.4 Å². The minimum Gasteiger partial charge on any atom is -0.399 e. The van der Waals surface area contributed by atoms with E-state index in [1.165, 1.54) is 18.2 Å². The van der Waals surface area contributed by atoms with E-state index in [0.29, 0.717) is 22.7 Å². The van der Waals surface area contributed by atoms with Crippen LogP contribution in [0.15, 0.2) is 18.2 Å². The maximum Gasteiger partial charge on any atom is 0.269 e. The van der Waals surface area contributed by atoms with E-state index in [1.807, 2.05) is 6.92 Å². The first kappa shape index (κ1) is 12.4. The summed E-state index contributed by atoms with van der Waals surface area (Å²) in [6.45, 7) is 1.88. The Hall–Kier alpha value is -2.02. The molecule has 0 fully saturated rings. The molecule has 2 rings (SSSR count). The number of nitrogens with zero attached hydrogens (tertiary/aromatic N) is 2. The van der Waals surface area contributed by atoms with E-state index >= 15 is 0 Å². The highest BCUT2D eigenvalue weighted by atomic mass is 32.1. The first-order valence-corrected chi connectivity index (χ1v) is 6.06. The molecule has 0 aliphatic rings. The number of carbonyl (C=O) groups is 1. The number of aromatic nitrogens is 2. The smallest absolute Gasteiger partial charge is 0.269 e. The second kappa shape index (κ2) is 5.09. The molecule has 0 radical (unpaired) electrons. The molecule has 7 heteroatoms. The fourth-order valence-electron chi connectivity index (χ4n) is 1.48. The number of aryl methyl sites for hydroxylation is 1. The maximum atomic E-state index is 13.1. The van der Waals surface area contributed by atoms with Crippen molar-refractivity contribution < 1.29 is 9.18 Å². The first-order chi connectivity index (χ1) is 8.60. The lowest BCUT2D eigenvalue weighted by molar-refractivity contribution is 0.102. The summed E-state index contributed by atoms with van der Waals surface area (Å²) < 4.78 is 16.8. The van der Waals surface area contributed by atoms with Gasteiger partial charge in [-0.15, -0.1) is 5.10 Å². The lowest BCUT2D eigenvalue weighted by Crippen LogP contribution is -2.12.